The van der Waals surface area contributed by atoms with E-state index >= 15 is 0 Å². The summed E-state index contributed by atoms with van der Waals surface area (Å²) in [5.41, 5.74) is 8.77. The zero-order chi connectivity index (χ0) is 15.4. The number of halogens is 1. The lowest BCUT2D eigenvalue weighted by molar-refractivity contribution is 0.0998. The van der Waals surface area contributed by atoms with Gasteiger partial charge in [-0.1, -0.05) is 41.4 Å². The van der Waals surface area contributed by atoms with E-state index in [1.807, 2.05) is 43.3 Å². The van der Waals surface area contributed by atoms with Crippen LogP contribution in [-0.2, 0) is 6.42 Å². The molecule has 0 radical (unpaired) electrons. The summed E-state index contributed by atoms with van der Waals surface area (Å²) >= 11 is 5.88. The highest BCUT2D eigenvalue weighted by molar-refractivity contribution is 6.30. The molecule has 2 rings (SSSR count). The molecule has 0 aliphatic rings. The second-order valence-corrected chi connectivity index (χ2v) is 5.60. The van der Waals surface area contributed by atoms with Gasteiger partial charge in [0.15, 0.2) is 0 Å². The summed E-state index contributed by atoms with van der Waals surface area (Å²) in [6.07, 6.45) is 0.622. The van der Waals surface area contributed by atoms with Crippen LogP contribution in [0.3, 0.4) is 0 Å². The maximum Gasteiger partial charge on any atom is 0.248 e. The highest BCUT2D eigenvalue weighted by Crippen LogP contribution is 2.25. The van der Waals surface area contributed by atoms with Crippen LogP contribution in [0.15, 0.2) is 42.5 Å². The minimum absolute atomic E-state index is 0.0492. The van der Waals surface area contributed by atoms with E-state index in [2.05, 4.69) is 0 Å². The molecule has 110 valence electrons. The van der Waals surface area contributed by atoms with Gasteiger partial charge < -0.3 is 10.8 Å². The second kappa shape index (κ2) is 6.74. The Balaban J connectivity index is 2.34. The summed E-state index contributed by atoms with van der Waals surface area (Å²) in [5.74, 6) is -0.645. The number of hydrogen-bond donors (Lipinski definition) is 2. The SMILES string of the molecule is Cc1ccc(C(N)=O)c(C(CO)Cc2ccc(Cl)cc2)c1. The summed E-state index contributed by atoms with van der Waals surface area (Å²) < 4.78 is 0. The van der Waals surface area contributed by atoms with Gasteiger partial charge in [0, 0.05) is 16.5 Å². The fraction of sp³-hybridized carbons (Fsp3) is 0.235. The highest BCUT2D eigenvalue weighted by atomic mass is 35.5. The monoisotopic (exact) mass is 303 g/mol. The van der Waals surface area contributed by atoms with Crippen molar-refractivity contribution >= 4 is 17.5 Å². The van der Waals surface area contributed by atoms with Gasteiger partial charge in [0.2, 0.25) is 5.91 Å². The molecule has 3 nitrogen and oxygen atoms in total. The molecule has 2 aromatic carbocycles. The van der Waals surface area contributed by atoms with E-state index in [1.54, 1.807) is 6.07 Å². The van der Waals surface area contributed by atoms with Gasteiger partial charge in [0.1, 0.15) is 0 Å². The lowest BCUT2D eigenvalue weighted by Gasteiger charge is -2.18. The first kappa shape index (κ1) is 15.5. The quantitative estimate of drug-likeness (QED) is 0.891. The third-order valence-electron chi connectivity index (χ3n) is 3.53. The smallest absolute Gasteiger partial charge is 0.248 e. The molecule has 0 fully saturated rings. The van der Waals surface area contributed by atoms with Crippen molar-refractivity contribution in [3.8, 4) is 0 Å². The summed E-state index contributed by atoms with van der Waals surface area (Å²) in [6, 6.07) is 13.0. The molecule has 4 heteroatoms. The number of carbonyl (C=O) groups is 1. The number of primary amides is 1. The summed E-state index contributed by atoms with van der Waals surface area (Å²) in [6.45, 7) is 1.90. The van der Waals surface area contributed by atoms with E-state index in [-0.39, 0.29) is 12.5 Å². The first-order valence-electron chi connectivity index (χ1n) is 6.77. The van der Waals surface area contributed by atoms with Gasteiger partial charge in [-0.3, -0.25) is 4.79 Å². The maximum atomic E-state index is 11.6. The number of amides is 1. The largest absolute Gasteiger partial charge is 0.396 e. The molecule has 1 unspecified atom stereocenters. The molecule has 21 heavy (non-hydrogen) atoms. The number of aliphatic hydroxyl groups is 1. The Morgan fingerprint density at radius 1 is 1.24 bits per heavy atom. The lowest BCUT2D eigenvalue weighted by atomic mass is 9.88. The van der Waals surface area contributed by atoms with Crippen molar-refractivity contribution in [2.45, 2.75) is 19.3 Å². The van der Waals surface area contributed by atoms with Gasteiger partial charge in [-0.25, -0.2) is 0 Å². The molecule has 0 saturated heterocycles. The molecule has 0 spiro atoms. The van der Waals surface area contributed by atoms with Gasteiger partial charge in [-0.05, 0) is 42.7 Å². The van der Waals surface area contributed by atoms with Crippen LogP contribution < -0.4 is 5.73 Å². The molecular formula is C17H18ClNO2. The minimum atomic E-state index is -0.473. The van der Waals surface area contributed by atoms with Crippen LogP contribution in [0.2, 0.25) is 5.02 Å². The predicted octanol–water partition coefficient (Wildman–Crippen LogP) is 3.07. The Hall–Kier alpha value is -1.84. The van der Waals surface area contributed by atoms with Gasteiger partial charge in [-0.2, -0.15) is 0 Å². The van der Waals surface area contributed by atoms with Crippen molar-refractivity contribution in [1.82, 2.24) is 0 Å². The number of nitrogens with two attached hydrogens (primary N) is 1. The van der Waals surface area contributed by atoms with Crippen LogP contribution in [0.25, 0.3) is 0 Å². The van der Waals surface area contributed by atoms with Crippen molar-refractivity contribution in [3.05, 3.63) is 69.7 Å². The van der Waals surface area contributed by atoms with Crippen molar-refractivity contribution in [2.24, 2.45) is 5.73 Å². The average molecular weight is 304 g/mol. The standard InChI is InChI=1S/C17H18ClNO2/c1-11-2-7-15(17(19)21)16(8-11)13(10-20)9-12-3-5-14(18)6-4-12/h2-8,13,20H,9-10H2,1H3,(H2,19,21). The van der Waals surface area contributed by atoms with E-state index < -0.39 is 5.91 Å². The van der Waals surface area contributed by atoms with Crippen LogP contribution >= 0.6 is 11.6 Å². The first-order chi connectivity index (χ1) is 10.0. The van der Waals surface area contributed by atoms with Gasteiger partial charge in [-0.15, -0.1) is 0 Å². The van der Waals surface area contributed by atoms with E-state index in [9.17, 15) is 9.90 Å². The Kier molecular flexibility index (Phi) is 4.99. The molecule has 0 aliphatic carbocycles. The Bertz CT molecular complexity index is 638. The normalized spacial score (nSPS) is 12.1. The van der Waals surface area contributed by atoms with Crippen molar-refractivity contribution in [3.63, 3.8) is 0 Å². The minimum Gasteiger partial charge on any atom is -0.396 e. The van der Waals surface area contributed by atoms with Crippen LogP contribution in [0, 0.1) is 6.92 Å². The molecule has 0 saturated carbocycles. The third kappa shape index (κ3) is 3.84. The molecule has 0 aliphatic heterocycles. The van der Waals surface area contributed by atoms with Crippen molar-refractivity contribution in [1.29, 1.82) is 0 Å². The fourth-order valence-corrected chi connectivity index (χ4v) is 2.55. The molecule has 0 aromatic heterocycles. The van der Waals surface area contributed by atoms with Crippen molar-refractivity contribution < 1.29 is 9.90 Å². The summed E-state index contributed by atoms with van der Waals surface area (Å²) in [4.78, 5) is 11.6. The number of hydrogen-bond acceptors (Lipinski definition) is 2. The fourth-order valence-electron chi connectivity index (χ4n) is 2.42. The molecule has 1 atom stereocenters. The molecule has 2 aromatic rings. The van der Waals surface area contributed by atoms with Crippen LogP contribution in [0.1, 0.15) is 33.0 Å². The van der Waals surface area contributed by atoms with E-state index in [0.717, 1.165) is 16.7 Å². The number of carbonyl (C=O) groups excluding carboxylic acids is 1. The topological polar surface area (TPSA) is 63.3 Å². The van der Waals surface area contributed by atoms with E-state index in [4.69, 9.17) is 17.3 Å². The van der Waals surface area contributed by atoms with E-state index in [1.165, 1.54) is 0 Å². The Morgan fingerprint density at radius 2 is 1.90 bits per heavy atom. The number of aliphatic hydroxyl groups excluding tert-OH is 1. The zero-order valence-electron chi connectivity index (χ0n) is 11.8. The molecule has 0 heterocycles. The lowest BCUT2D eigenvalue weighted by Crippen LogP contribution is -2.18. The van der Waals surface area contributed by atoms with Crippen LogP contribution in [0.5, 0.6) is 0 Å². The average Bonchev–Trinajstić information content (AvgIpc) is 2.46. The number of aryl methyl sites for hydroxylation is 1. The Labute approximate surface area is 129 Å². The van der Waals surface area contributed by atoms with Gasteiger partial charge in [0.25, 0.3) is 0 Å². The first-order valence-corrected chi connectivity index (χ1v) is 7.14. The summed E-state index contributed by atoms with van der Waals surface area (Å²) in [5, 5.41) is 10.4. The van der Waals surface area contributed by atoms with Crippen molar-refractivity contribution in [2.75, 3.05) is 6.61 Å². The number of benzene rings is 2. The molecule has 0 bridgehead atoms. The van der Waals surface area contributed by atoms with Crippen LogP contribution in [0.4, 0.5) is 0 Å². The van der Waals surface area contributed by atoms with Gasteiger partial charge in [0.05, 0.1) is 6.61 Å². The predicted molar refractivity (Wildman–Crippen MR) is 84.7 cm³/mol. The zero-order valence-corrected chi connectivity index (χ0v) is 12.6. The van der Waals surface area contributed by atoms with Gasteiger partial charge >= 0.3 is 0 Å². The molecule has 3 N–H and O–H groups in total. The summed E-state index contributed by atoms with van der Waals surface area (Å²) in [7, 11) is 0. The third-order valence-corrected chi connectivity index (χ3v) is 3.78. The number of rotatable bonds is 5. The second-order valence-electron chi connectivity index (χ2n) is 5.17. The highest BCUT2D eigenvalue weighted by Gasteiger charge is 2.18. The Morgan fingerprint density at radius 3 is 2.48 bits per heavy atom. The molecular weight excluding hydrogens is 286 g/mol. The van der Waals surface area contributed by atoms with Crippen LogP contribution in [-0.4, -0.2) is 17.6 Å². The maximum absolute atomic E-state index is 11.6. The molecule has 1 amide bonds. The van der Waals surface area contributed by atoms with E-state index in [0.29, 0.717) is 17.0 Å².